The van der Waals surface area contributed by atoms with E-state index < -0.39 is 46.1 Å². The third-order valence-electron chi connectivity index (χ3n) is 5.30. The van der Waals surface area contributed by atoms with Crippen molar-refractivity contribution in [1.82, 2.24) is 10.2 Å². The summed E-state index contributed by atoms with van der Waals surface area (Å²) in [5.41, 5.74) is 0.456. The van der Waals surface area contributed by atoms with E-state index in [-0.39, 0.29) is 18.3 Å². The van der Waals surface area contributed by atoms with Crippen molar-refractivity contribution in [2.45, 2.75) is 45.8 Å². The highest BCUT2D eigenvalue weighted by atomic mass is 35.5. The second-order valence-corrected chi connectivity index (χ2v) is 10.4. The molecule has 0 aromatic heterocycles. The predicted octanol–water partition coefficient (Wildman–Crippen LogP) is 3.72. The Hall–Kier alpha value is -2.72. The van der Waals surface area contributed by atoms with Crippen LogP contribution in [0.5, 0.6) is 0 Å². The van der Waals surface area contributed by atoms with Crippen molar-refractivity contribution in [1.29, 1.82) is 0 Å². The lowest BCUT2D eigenvalue weighted by molar-refractivity contribution is -0.139. The summed E-state index contributed by atoms with van der Waals surface area (Å²) in [7, 11) is -4.04. The van der Waals surface area contributed by atoms with Crippen molar-refractivity contribution in [3.8, 4) is 0 Å². The van der Waals surface area contributed by atoms with Crippen LogP contribution in [-0.4, -0.2) is 50.0 Å². The SMILES string of the molecule is CC[C@H](C)NC(=O)[C@@H](C)N(Cc1ccc(Cl)cc1)C(=O)CN(c1ccc(F)c(F)c1)S(C)(=O)=O. The van der Waals surface area contributed by atoms with Gasteiger partial charge in [-0.1, -0.05) is 30.7 Å². The molecule has 34 heavy (non-hydrogen) atoms. The quantitative estimate of drug-likeness (QED) is 0.522. The van der Waals surface area contributed by atoms with Crippen molar-refractivity contribution in [2.24, 2.45) is 0 Å². The molecule has 0 aliphatic rings. The van der Waals surface area contributed by atoms with E-state index in [1.54, 1.807) is 24.3 Å². The molecule has 0 aliphatic heterocycles. The molecule has 0 heterocycles. The summed E-state index contributed by atoms with van der Waals surface area (Å²) in [4.78, 5) is 27.4. The van der Waals surface area contributed by atoms with Crippen LogP contribution < -0.4 is 9.62 Å². The van der Waals surface area contributed by atoms with Crippen molar-refractivity contribution < 1.29 is 26.8 Å². The number of benzene rings is 2. The Kier molecular flexibility index (Phi) is 9.40. The van der Waals surface area contributed by atoms with Crippen molar-refractivity contribution in [3.63, 3.8) is 0 Å². The summed E-state index contributed by atoms with van der Waals surface area (Å²) in [6.45, 7) is 4.55. The van der Waals surface area contributed by atoms with Gasteiger partial charge in [-0.15, -0.1) is 0 Å². The second-order valence-electron chi connectivity index (χ2n) is 8.01. The van der Waals surface area contributed by atoms with Gasteiger partial charge in [0.15, 0.2) is 11.6 Å². The first-order chi connectivity index (χ1) is 15.8. The van der Waals surface area contributed by atoms with Crippen LogP contribution >= 0.6 is 11.6 Å². The highest BCUT2D eigenvalue weighted by Gasteiger charge is 2.30. The fraction of sp³-hybridized carbons (Fsp3) is 0.391. The number of anilines is 1. The number of sulfonamides is 1. The van der Waals surface area contributed by atoms with Crippen molar-refractivity contribution in [3.05, 3.63) is 64.7 Å². The van der Waals surface area contributed by atoms with Gasteiger partial charge >= 0.3 is 0 Å². The molecule has 0 fully saturated rings. The third-order valence-corrected chi connectivity index (χ3v) is 6.70. The van der Waals surface area contributed by atoms with E-state index in [0.717, 1.165) is 18.4 Å². The maximum atomic E-state index is 13.8. The number of carbonyl (C=O) groups excluding carboxylic acids is 2. The summed E-state index contributed by atoms with van der Waals surface area (Å²) in [6.07, 6.45) is 1.53. The normalized spacial score (nSPS) is 13.1. The Labute approximate surface area is 203 Å². The van der Waals surface area contributed by atoms with Gasteiger partial charge in [0.25, 0.3) is 0 Å². The molecule has 186 valence electrons. The number of hydrogen-bond donors (Lipinski definition) is 1. The summed E-state index contributed by atoms with van der Waals surface area (Å²) in [6, 6.07) is 8.11. The molecule has 0 unspecified atom stereocenters. The summed E-state index contributed by atoms with van der Waals surface area (Å²) in [5, 5.41) is 3.30. The highest BCUT2D eigenvalue weighted by molar-refractivity contribution is 7.92. The van der Waals surface area contributed by atoms with E-state index in [4.69, 9.17) is 11.6 Å². The minimum Gasteiger partial charge on any atom is -0.352 e. The van der Waals surface area contributed by atoms with Crippen LogP contribution in [0.2, 0.25) is 5.02 Å². The molecule has 1 N–H and O–H groups in total. The first-order valence-corrected chi connectivity index (χ1v) is 12.8. The number of amides is 2. The summed E-state index contributed by atoms with van der Waals surface area (Å²) < 4.78 is 52.7. The van der Waals surface area contributed by atoms with Crippen LogP contribution in [-0.2, 0) is 26.2 Å². The van der Waals surface area contributed by atoms with Gasteiger partial charge < -0.3 is 10.2 Å². The van der Waals surface area contributed by atoms with Gasteiger partial charge in [0.1, 0.15) is 12.6 Å². The van der Waals surface area contributed by atoms with Gasteiger partial charge in [0, 0.05) is 23.7 Å². The lowest BCUT2D eigenvalue weighted by Crippen LogP contribution is -2.52. The van der Waals surface area contributed by atoms with E-state index in [9.17, 15) is 26.8 Å². The van der Waals surface area contributed by atoms with Crippen LogP contribution in [0.4, 0.5) is 14.5 Å². The van der Waals surface area contributed by atoms with Gasteiger partial charge in [0.05, 0.1) is 11.9 Å². The minimum absolute atomic E-state index is 0.000472. The van der Waals surface area contributed by atoms with Gasteiger partial charge in [-0.25, -0.2) is 17.2 Å². The predicted molar refractivity (Wildman–Crippen MR) is 128 cm³/mol. The van der Waals surface area contributed by atoms with Gasteiger partial charge in [-0.05, 0) is 50.1 Å². The zero-order valence-corrected chi connectivity index (χ0v) is 21.0. The zero-order chi connectivity index (χ0) is 25.6. The zero-order valence-electron chi connectivity index (χ0n) is 19.4. The number of hydrogen-bond acceptors (Lipinski definition) is 4. The number of rotatable bonds is 10. The van der Waals surface area contributed by atoms with Crippen LogP contribution in [0.25, 0.3) is 0 Å². The van der Waals surface area contributed by atoms with Gasteiger partial charge in [-0.2, -0.15) is 0 Å². The van der Waals surface area contributed by atoms with Crippen molar-refractivity contribution >= 4 is 39.1 Å². The molecule has 11 heteroatoms. The lowest BCUT2D eigenvalue weighted by Gasteiger charge is -2.32. The Balaban J connectivity index is 2.39. The molecule has 0 saturated heterocycles. The average Bonchev–Trinajstić information content (AvgIpc) is 2.77. The Morgan fingerprint density at radius 1 is 1.06 bits per heavy atom. The number of nitrogens with one attached hydrogen (secondary N) is 1. The fourth-order valence-corrected chi connectivity index (χ4v) is 4.06. The molecule has 2 aromatic rings. The Morgan fingerprint density at radius 2 is 1.68 bits per heavy atom. The molecule has 0 aliphatic carbocycles. The Morgan fingerprint density at radius 3 is 2.21 bits per heavy atom. The van der Waals surface area contributed by atoms with E-state index in [1.807, 2.05) is 13.8 Å². The monoisotopic (exact) mass is 515 g/mol. The molecule has 2 aromatic carbocycles. The average molecular weight is 516 g/mol. The molecular weight excluding hydrogens is 488 g/mol. The Bertz CT molecular complexity index is 1130. The fourth-order valence-electron chi connectivity index (χ4n) is 3.09. The van der Waals surface area contributed by atoms with E-state index in [0.29, 0.717) is 27.4 Å². The molecular formula is C23H28ClF2N3O4S. The third kappa shape index (κ3) is 7.39. The van der Waals surface area contributed by atoms with E-state index >= 15 is 0 Å². The number of nitrogens with zero attached hydrogens (tertiary/aromatic N) is 2. The topological polar surface area (TPSA) is 86.8 Å². The van der Waals surface area contributed by atoms with Crippen LogP contribution in [0.15, 0.2) is 42.5 Å². The van der Waals surface area contributed by atoms with Gasteiger partial charge in [-0.3, -0.25) is 13.9 Å². The molecule has 2 rings (SSSR count). The molecule has 0 spiro atoms. The van der Waals surface area contributed by atoms with E-state index in [2.05, 4.69) is 5.32 Å². The lowest BCUT2D eigenvalue weighted by atomic mass is 10.1. The summed E-state index contributed by atoms with van der Waals surface area (Å²) >= 11 is 5.93. The van der Waals surface area contributed by atoms with Crippen molar-refractivity contribution in [2.75, 3.05) is 17.1 Å². The standard InChI is InChI=1S/C23H28ClF2N3O4S/c1-5-15(2)27-23(31)16(3)28(13-17-6-8-18(24)9-7-17)22(30)14-29(34(4,32)33)19-10-11-20(25)21(26)12-19/h6-12,15-16H,5,13-14H2,1-4H3,(H,27,31)/t15-,16+/m0/s1. The molecule has 2 amide bonds. The van der Waals surface area contributed by atoms with E-state index in [1.165, 1.54) is 11.8 Å². The van der Waals surface area contributed by atoms with Crippen LogP contribution in [0, 0.1) is 11.6 Å². The highest BCUT2D eigenvalue weighted by Crippen LogP contribution is 2.22. The van der Waals surface area contributed by atoms with Gasteiger partial charge in [0.2, 0.25) is 21.8 Å². The molecule has 0 bridgehead atoms. The second kappa shape index (κ2) is 11.6. The minimum atomic E-state index is -4.04. The maximum absolute atomic E-state index is 13.8. The molecule has 2 atom stereocenters. The first-order valence-electron chi connectivity index (χ1n) is 10.6. The largest absolute Gasteiger partial charge is 0.352 e. The maximum Gasteiger partial charge on any atom is 0.244 e. The molecule has 0 saturated carbocycles. The first kappa shape index (κ1) is 27.5. The molecule has 7 nitrogen and oxygen atoms in total. The summed E-state index contributed by atoms with van der Waals surface area (Å²) in [5.74, 6) is -3.51. The number of carbonyl (C=O) groups is 2. The van der Waals surface area contributed by atoms with Crippen LogP contribution in [0.3, 0.4) is 0 Å². The van der Waals surface area contributed by atoms with Crippen LogP contribution in [0.1, 0.15) is 32.8 Å². The smallest absolute Gasteiger partial charge is 0.244 e. The molecule has 0 radical (unpaired) electrons. The number of halogens is 3.